The molecule has 1 aromatic rings. The zero-order valence-corrected chi connectivity index (χ0v) is 11.5. The van der Waals surface area contributed by atoms with E-state index in [1.807, 2.05) is 7.05 Å². The molecule has 0 spiro atoms. The van der Waals surface area contributed by atoms with E-state index in [-0.39, 0.29) is 0 Å². The van der Waals surface area contributed by atoms with Crippen LogP contribution in [0.5, 0.6) is 0 Å². The minimum atomic E-state index is 0.379. The van der Waals surface area contributed by atoms with E-state index in [1.165, 1.54) is 6.42 Å². The second kappa shape index (κ2) is 4.20. The van der Waals surface area contributed by atoms with Crippen molar-refractivity contribution < 1.29 is 0 Å². The number of hydrogen-bond donors (Lipinski definition) is 1. The lowest BCUT2D eigenvalue weighted by Crippen LogP contribution is -2.24. The molecule has 0 bridgehead atoms. The zero-order chi connectivity index (χ0) is 11.8. The van der Waals surface area contributed by atoms with Gasteiger partial charge >= 0.3 is 0 Å². The minimum Gasteiger partial charge on any atom is -0.357 e. The summed E-state index contributed by atoms with van der Waals surface area (Å²) in [5, 5.41) is 2.97. The third kappa shape index (κ3) is 2.29. The monoisotopic (exact) mass is 284 g/mol. The van der Waals surface area contributed by atoms with Gasteiger partial charge in [0.25, 0.3) is 0 Å². The van der Waals surface area contributed by atoms with Gasteiger partial charge < -0.3 is 10.2 Å². The first-order chi connectivity index (χ1) is 7.52. The second-order valence-electron chi connectivity index (χ2n) is 4.95. The predicted octanol–water partition coefficient (Wildman–Crippen LogP) is 2.52. The fraction of sp³-hybridized carbons (Fsp3) is 0.636. The van der Waals surface area contributed by atoms with Gasteiger partial charge in [-0.2, -0.15) is 4.98 Å². The molecule has 0 aromatic carbocycles. The van der Waals surface area contributed by atoms with Gasteiger partial charge in [0.1, 0.15) is 5.82 Å². The van der Waals surface area contributed by atoms with Crippen LogP contribution in [-0.4, -0.2) is 30.1 Å². The average Bonchev–Trinajstić information content (AvgIpc) is 2.59. The fourth-order valence-electron chi connectivity index (χ4n) is 1.99. The van der Waals surface area contributed by atoms with Gasteiger partial charge in [-0.05, 0) is 27.8 Å². The van der Waals surface area contributed by atoms with Crippen molar-refractivity contribution >= 4 is 27.7 Å². The van der Waals surface area contributed by atoms with Gasteiger partial charge in [-0.15, -0.1) is 0 Å². The SMILES string of the molecule is CNc1ncc(Br)c(N2CCC(C)(C)C2)n1. The molecule has 2 heterocycles. The van der Waals surface area contributed by atoms with Crippen LogP contribution in [-0.2, 0) is 0 Å². The van der Waals surface area contributed by atoms with Gasteiger partial charge in [-0.3, -0.25) is 0 Å². The molecule has 0 aliphatic carbocycles. The molecule has 1 saturated heterocycles. The van der Waals surface area contributed by atoms with Crippen molar-refractivity contribution in [2.45, 2.75) is 20.3 Å². The standard InChI is InChI=1S/C11H17BrN4/c1-11(2)4-5-16(7-11)9-8(12)6-14-10(13-3)15-9/h6H,4-5,7H2,1-3H3,(H,13,14,15). The Kier molecular flexibility index (Phi) is 3.06. The molecule has 1 N–H and O–H groups in total. The Bertz CT molecular complexity index is 392. The molecule has 1 aromatic heterocycles. The Morgan fingerprint density at radius 1 is 1.50 bits per heavy atom. The molecule has 1 aliphatic heterocycles. The smallest absolute Gasteiger partial charge is 0.224 e. The number of nitrogens with zero attached hydrogens (tertiary/aromatic N) is 3. The summed E-state index contributed by atoms with van der Waals surface area (Å²) in [6.45, 7) is 6.69. The van der Waals surface area contributed by atoms with E-state index in [1.54, 1.807) is 6.20 Å². The molecule has 2 rings (SSSR count). The summed E-state index contributed by atoms with van der Waals surface area (Å²) in [7, 11) is 1.83. The van der Waals surface area contributed by atoms with Crippen LogP contribution in [0.3, 0.4) is 0 Å². The molecule has 0 amide bonds. The van der Waals surface area contributed by atoms with E-state index in [0.717, 1.165) is 23.4 Å². The molecule has 5 heteroatoms. The van der Waals surface area contributed by atoms with Crippen LogP contribution in [0.2, 0.25) is 0 Å². The summed E-state index contributed by atoms with van der Waals surface area (Å²) in [5.74, 6) is 1.66. The number of halogens is 1. The van der Waals surface area contributed by atoms with Gasteiger partial charge in [0.15, 0.2) is 0 Å². The van der Waals surface area contributed by atoms with E-state index in [9.17, 15) is 0 Å². The third-order valence-electron chi connectivity index (χ3n) is 2.93. The number of aromatic nitrogens is 2. The minimum absolute atomic E-state index is 0.379. The van der Waals surface area contributed by atoms with E-state index in [0.29, 0.717) is 11.4 Å². The lowest BCUT2D eigenvalue weighted by molar-refractivity contribution is 0.418. The Hall–Kier alpha value is -0.840. The van der Waals surface area contributed by atoms with Crippen molar-refractivity contribution in [1.29, 1.82) is 0 Å². The summed E-state index contributed by atoms with van der Waals surface area (Å²) in [6, 6.07) is 0. The highest BCUT2D eigenvalue weighted by Gasteiger charge is 2.30. The Labute approximate surface area is 105 Å². The number of nitrogens with one attached hydrogen (secondary N) is 1. The molecule has 16 heavy (non-hydrogen) atoms. The van der Waals surface area contributed by atoms with Crippen molar-refractivity contribution in [2.24, 2.45) is 5.41 Å². The van der Waals surface area contributed by atoms with Gasteiger partial charge in [0.05, 0.1) is 4.47 Å². The maximum atomic E-state index is 4.50. The number of hydrogen-bond acceptors (Lipinski definition) is 4. The molecular formula is C11H17BrN4. The number of anilines is 2. The summed E-state index contributed by atoms with van der Waals surface area (Å²) >= 11 is 3.51. The Morgan fingerprint density at radius 3 is 2.81 bits per heavy atom. The van der Waals surface area contributed by atoms with Crippen LogP contribution < -0.4 is 10.2 Å². The molecule has 0 saturated carbocycles. The van der Waals surface area contributed by atoms with E-state index in [4.69, 9.17) is 0 Å². The first-order valence-corrected chi connectivity index (χ1v) is 6.26. The summed E-state index contributed by atoms with van der Waals surface area (Å²) in [5.41, 5.74) is 0.379. The molecular weight excluding hydrogens is 268 g/mol. The summed E-state index contributed by atoms with van der Waals surface area (Å²) in [6.07, 6.45) is 3.01. The second-order valence-corrected chi connectivity index (χ2v) is 5.81. The highest BCUT2D eigenvalue weighted by atomic mass is 79.9. The molecule has 1 aliphatic rings. The van der Waals surface area contributed by atoms with Gasteiger partial charge in [-0.1, -0.05) is 13.8 Å². The normalized spacial score (nSPS) is 18.9. The first-order valence-electron chi connectivity index (χ1n) is 5.47. The molecule has 88 valence electrons. The van der Waals surface area contributed by atoms with Crippen molar-refractivity contribution in [2.75, 3.05) is 30.4 Å². The van der Waals surface area contributed by atoms with Gasteiger partial charge in [0, 0.05) is 26.3 Å². The molecule has 0 unspecified atom stereocenters. The lowest BCUT2D eigenvalue weighted by atomic mass is 9.93. The molecule has 1 fully saturated rings. The maximum Gasteiger partial charge on any atom is 0.224 e. The van der Waals surface area contributed by atoms with Crippen LogP contribution in [0.4, 0.5) is 11.8 Å². The highest BCUT2D eigenvalue weighted by Crippen LogP contribution is 2.34. The van der Waals surface area contributed by atoms with E-state index >= 15 is 0 Å². The number of rotatable bonds is 2. The Morgan fingerprint density at radius 2 is 2.25 bits per heavy atom. The molecule has 0 radical (unpaired) electrons. The highest BCUT2D eigenvalue weighted by molar-refractivity contribution is 9.10. The zero-order valence-electron chi connectivity index (χ0n) is 9.92. The Balaban J connectivity index is 2.27. The largest absolute Gasteiger partial charge is 0.357 e. The van der Waals surface area contributed by atoms with Crippen LogP contribution in [0.25, 0.3) is 0 Å². The lowest BCUT2D eigenvalue weighted by Gasteiger charge is -2.21. The van der Waals surface area contributed by atoms with E-state index in [2.05, 4.69) is 50.0 Å². The van der Waals surface area contributed by atoms with Crippen molar-refractivity contribution in [3.63, 3.8) is 0 Å². The van der Waals surface area contributed by atoms with Gasteiger partial charge in [-0.25, -0.2) is 4.98 Å². The quantitative estimate of drug-likeness (QED) is 0.906. The molecule has 4 nitrogen and oxygen atoms in total. The van der Waals surface area contributed by atoms with E-state index < -0.39 is 0 Å². The molecule has 0 atom stereocenters. The maximum absolute atomic E-state index is 4.50. The van der Waals surface area contributed by atoms with Crippen molar-refractivity contribution in [3.8, 4) is 0 Å². The fourth-order valence-corrected chi connectivity index (χ4v) is 2.44. The predicted molar refractivity (Wildman–Crippen MR) is 69.9 cm³/mol. The van der Waals surface area contributed by atoms with Crippen LogP contribution in [0.1, 0.15) is 20.3 Å². The third-order valence-corrected chi connectivity index (χ3v) is 3.49. The van der Waals surface area contributed by atoms with Crippen LogP contribution >= 0.6 is 15.9 Å². The average molecular weight is 285 g/mol. The van der Waals surface area contributed by atoms with Gasteiger partial charge in [0.2, 0.25) is 5.95 Å². The van der Waals surface area contributed by atoms with Crippen LogP contribution in [0, 0.1) is 5.41 Å². The summed E-state index contributed by atoms with van der Waals surface area (Å²) < 4.78 is 0.962. The first kappa shape index (κ1) is 11.6. The topological polar surface area (TPSA) is 41.1 Å². The van der Waals surface area contributed by atoms with Crippen molar-refractivity contribution in [3.05, 3.63) is 10.7 Å². The summed E-state index contributed by atoms with van der Waals surface area (Å²) in [4.78, 5) is 11.0. The van der Waals surface area contributed by atoms with Crippen LogP contribution in [0.15, 0.2) is 10.7 Å². The van der Waals surface area contributed by atoms with Crippen molar-refractivity contribution in [1.82, 2.24) is 9.97 Å².